The molecular formula is C7H15N3O. The molecule has 0 amide bonds. The van der Waals surface area contributed by atoms with Gasteiger partial charge < -0.3 is 15.7 Å². The van der Waals surface area contributed by atoms with Gasteiger partial charge in [0, 0.05) is 6.54 Å². The smallest absolute Gasteiger partial charge is 0.188 e. The van der Waals surface area contributed by atoms with Gasteiger partial charge in [0.15, 0.2) is 5.96 Å². The van der Waals surface area contributed by atoms with Gasteiger partial charge in [0.05, 0.1) is 12.6 Å². The lowest BCUT2D eigenvalue weighted by molar-refractivity contribution is 0.145. The minimum absolute atomic E-state index is 0.0845. The molecule has 0 saturated carbocycles. The van der Waals surface area contributed by atoms with Crippen molar-refractivity contribution in [1.82, 2.24) is 4.90 Å². The first-order chi connectivity index (χ1) is 5.25. The second-order valence-electron chi connectivity index (χ2n) is 2.91. The lowest BCUT2D eigenvalue weighted by Crippen LogP contribution is -2.48. The average molecular weight is 157 g/mol. The van der Waals surface area contributed by atoms with E-state index in [1.165, 1.54) is 0 Å². The van der Waals surface area contributed by atoms with Crippen LogP contribution in [0.3, 0.4) is 0 Å². The van der Waals surface area contributed by atoms with Gasteiger partial charge in [0.2, 0.25) is 0 Å². The molecule has 0 bridgehead atoms. The summed E-state index contributed by atoms with van der Waals surface area (Å²) in [6, 6.07) is 0.0845. The van der Waals surface area contributed by atoms with Gasteiger partial charge in [-0.15, -0.1) is 0 Å². The molecule has 11 heavy (non-hydrogen) atoms. The Hall–Kier alpha value is -0.770. The van der Waals surface area contributed by atoms with Crippen LogP contribution in [-0.4, -0.2) is 35.2 Å². The Morgan fingerprint density at radius 2 is 2.36 bits per heavy atom. The van der Waals surface area contributed by atoms with Crippen molar-refractivity contribution in [3.63, 3.8) is 0 Å². The summed E-state index contributed by atoms with van der Waals surface area (Å²) in [6.45, 7) is 0.931. The fourth-order valence-electron chi connectivity index (χ4n) is 1.51. The van der Waals surface area contributed by atoms with E-state index < -0.39 is 0 Å². The number of rotatable bonds is 1. The number of hydrogen-bond acceptors (Lipinski definition) is 2. The number of aliphatic hydroxyl groups is 1. The minimum atomic E-state index is 0.0845. The summed E-state index contributed by atoms with van der Waals surface area (Å²) >= 11 is 0. The van der Waals surface area contributed by atoms with Crippen LogP contribution in [-0.2, 0) is 0 Å². The van der Waals surface area contributed by atoms with Crippen molar-refractivity contribution in [2.24, 2.45) is 5.73 Å². The van der Waals surface area contributed by atoms with Crippen molar-refractivity contribution in [2.45, 2.75) is 25.3 Å². The van der Waals surface area contributed by atoms with Crippen LogP contribution in [0.2, 0.25) is 0 Å². The summed E-state index contributed by atoms with van der Waals surface area (Å²) in [5.74, 6) is 0.0868. The molecule has 1 saturated heterocycles. The molecule has 0 aromatic heterocycles. The first-order valence-electron chi connectivity index (χ1n) is 3.97. The number of nitrogens with one attached hydrogen (secondary N) is 1. The molecule has 1 heterocycles. The van der Waals surface area contributed by atoms with Gasteiger partial charge in [0.25, 0.3) is 0 Å². The number of hydrogen-bond donors (Lipinski definition) is 3. The Labute approximate surface area is 66.5 Å². The molecule has 0 aromatic carbocycles. The fraction of sp³-hybridized carbons (Fsp3) is 0.857. The van der Waals surface area contributed by atoms with Crippen LogP contribution in [0.25, 0.3) is 0 Å². The van der Waals surface area contributed by atoms with Crippen molar-refractivity contribution in [2.75, 3.05) is 13.2 Å². The normalized spacial score (nSPS) is 25.2. The molecule has 4 heteroatoms. The van der Waals surface area contributed by atoms with Crippen molar-refractivity contribution >= 4 is 5.96 Å². The van der Waals surface area contributed by atoms with E-state index in [2.05, 4.69) is 0 Å². The monoisotopic (exact) mass is 157 g/mol. The van der Waals surface area contributed by atoms with Crippen molar-refractivity contribution in [3.8, 4) is 0 Å². The molecule has 0 unspecified atom stereocenters. The highest BCUT2D eigenvalue weighted by Crippen LogP contribution is 2.15. The van der Waals surface area contributed by atoms with Crippen molar-refractivity contribution < 1.29 is 5.11 Å². The number of likely N-dealkylation sites (tertiary alicyclic amines) is 1. The van der Waals surface area contributed by atoms with Gasteiger partial charge in [-0.1, -0.05) is 0 Å². The standard InChI is InChI=1S/C7H15N3O/c8-7(9)10-4-2-1-3-6(10)5-11/h6,11H,1-5H2,(H3,8,9)/t6-/m1/s1. The molecule has 1 aliphatic rings. The minimum Gasteiger partial charge on any atom is -0.394 e. The van der Waals surface area contributed by atoms with Gasteiger partial charge >= 0.3 is 0 Å². The Bertz CT molecular complexity index is 149. The Morgan fingerprint density at radius 3 is 2.82 bits per heavy atom. The summed E-state index contributed by atoms with van der Waals surface area (Å²) in [7, 11) is 0. The zero-order valence-corrected chi connectivity index (χ0v) is 6.58. The summed E-state index contributed by atoms with van der Waals surface area (Å²) in [4.78, 5) is 1.77. The molecule has 1 rings (SSSR count). The van der Waals surface area contributed by atoms with E-state index in [4.69, 9.17) is 16.2 Å². The number of guanidine groups is 1. The lowest BCUT2D eigenvalue weighted by atomic mass is 10.0. The van der Waals surface area contributed by atoms with Crippen LogP contribution in [0.4, 0.5) is 0 Å². The molecule has 0 aliphatic carbocycles. The Kier molecular flexibility index (Phi) is 2.70. The average Bonchev–Trinajstić information content (AvgIpc) is 2.04. The van der Waals surface area contributed by atoms with Crippen molar-refractivity contribution in [1.29, 1.82) is 5.41 Å². The van der Waals surface area contributed by atoms with Gasteiger partial charge in [-0.05, 0) is 19.3 Å². The Balaban J connectivity index is 2.51. The summed E-state index contributed by atoms with van der Waals surface area (Å²) < 4.78 is 0. The third-order valence-electron chi connectivity index (χ3n) is 2.15. The van der Waals surface area contributed by atoms with Crippen molar-refractivity contribution in [3.05, 3.63) is 0 Å². The maximum absolute atomic E-state index is 8.92. The Morgan fingerprint density at radius 1 is 1.64 bits per heavy atom. The predicted octanol–water partition coefficient (Wildman–Crippen LogP) is -0.273. The zero-order valence-electron chi connectivity index (χ0n) is 6.58. The van der Waals surface area contributed by atoms with Crippen LogP contribution < -0.4 is 5.73 Å². The third kappa shape index (κ3) is 1.83. The SMILES string of the molecule is N=C(N)N1CCCC[C@@H]1CO. The maximum atomic E-state index is 8.92. The van der Waals surface area contributed by atoms with E-state index in [1.807, 2.05) is 0 Å². The third-order valence-corrected chi connectivity index (χ3v) is 2.15. The summed E-state index contributed by atoms with van der Waals surface area (Å²) in [5, 5.41) is 16.1. The lowest BCUT2D eigenvalue weighted by Gasteiger charge is -2.34. The van der Waals surface area contributed by atoms with E-state index in [0.717, 1.165) is 25.8 Å². The molecule has 0 radical (unpaired) electrons. The molecule has 4 nitrogen and oxygen atoms in total. The molecular weight excluding hydrogens is 142 g/mol. The quantitative estimate of drug-likeness (QED) is 0.362. The first kappa shape index (κ1) is 8.33. The number of nitrogens with zero attached hydrogens (tertiary/aromatic N) is 1. The summed E-state index contributed by atoms with van der Waals surface area (Å²) in [5.41, 5.74) is 5.33. The predicted molar refractivity (Wildman–Crippen MR) is 43.3 cm³/mol. The highest BCUT2D eigenvalue weighted by molar-refractivity contribution is 5.75. The molecule has 1 fully saturated rings. The molecule has 4 N–H and O–H groups in total. The second kappa shape index (κ2) is 3.57. The fourth-order valence-corrected chi connectivity index (χ4v) is 1.51. The van der Waals surface area contributed by atoms with E-state index >= 15 is 0 Å². The van der Waals surface area contributed by atoms with Crippen LogP contribution in [0.1, 0.15) is 19.3 Å². The van der Waals surface area contributed by atoms with E-state index in [1.54, 1.807) is 4.90 Å². The maximum Gasteiger partial charge on any atom is 0.188 e. The van der Waals surface area contributed by atoms with Crippen LogP contribution in [0, 0.1) is 5.41 Å². The zero-order chi connectivity index (χ0) is 8.27. The van der Waals surface area contributed by atoms with E-state index in [-0.39, 0.29) is 18.6 Å². The largest absolute Gasteiger partial charge is 0.394 e. The number of nitrogens with two attached hydrogens (primary N) is 1. The number of piperidine rings is 1. The van der Waals surface area contributed by atoms with Crippen LogP contribution in [0.5, 0.6) is 0 Å². The molecule has 64 valence electrons. The van der Waals surface area contributed by atoms with Gasteiger partial charge in [-0.25, -0.2) is 0 Å². The van der Waals surface area contributed by atoms with Gasteiger partial charge in [-0.3, -0.25) is 5.41 Å². The molecule has 0 aromatic rings. The van der Waals surface area contributed by atoms with Gasteiger partial charge in [-0.2, -0.15) is 0 Å². The molecule has 1 aliphatic heterocycles. The highest BCUT2D eigenvalue weighted by atomic mass is 16.3. The highest BCUT2D eigenvalue weighted by Gasteiger charge is 2.21. The van der Waals surface area contributed by atoms with Crippen LogP contribution >= 0.6 is 0 Å². The summed E-state index contributed by atoms with van der Waals surface area (Å²) in [6.07, 6.45) is 3.17. The topological polar surface area (TPSA) is 73.3 Å². The van der Waals surface area contributed by atoms with Crippen LogP contribution in [0.15, 0.2) is 0 Å². The van der Waals surface area contributed by atoms with E-state index in [0.29, 0.717) is 0 Å². The number of aliphatic hydroxyl groups excluding tert-OH is 1. The van der Waals surface area contributed by atoms with E-state index in [9.17, 15) is 0 Å². The second-order valence-corrected chi connectivity index (χ2v) is 2.91. The first-order valence-corrected chi connectivity index (χ1v) is 3.97. The molecule has 0 spiro atoms. The van der Waals surface area contributed by atoms with Gasteiger partial charge in [0.1, 0.15) is 0 Å². The molecule has 1 atom stereocenters.